The zero-order valence-corrected chi connectivity index (χ0v) is 36.8. The molecule has 29 aromatic rings. The molecule has 0 fully saturated rings. The Labute approximate surface area is 391 Å². The van der Waals surface area contributed by atoms with E-state index in [4.69, 9.17) is 4.74 Å². The summed E-state index contributed by atoms with van der Waals surface area (Å²) in [5, 5.41) is 84.7. The van der Waals surface area contributed by atoms with E-state index in [9.17, 15) is 0 Å². The second kappa shape index (κ2) is 6.06. The van der Waals surface area contributed by atoms with Gasteiger partial charge in [-0.2, -0.15) is 0 Å². The Morgan fingerprint density at radius 3 is 0.764 bits per heavy atom. The molecular formula is C69H9NO2. The van der Waals surface area contributed by atoms with E-state index in [0.29, 0.717) is 6.61 Å². The molecule has 5 aliphatic rings. The Balaban J connectivity index is 1.19. The van der Waals surface area contributed by atoms with Crippen LogP contribution >= 0.6 is 0 Å². The normalized spacial score (nSPS) is 21.9. The molecule has 72 heavy (non-hydrogen) atoms. The zero-order chi connectivity index (χ0) is 43.0. The molecule has 302 valence electrons. The van der Waals surface area contributed by atoms with E-state index >= 15 is 4.79 Å². The van der Waals surface area contributed by atoms with Crippen molar-refractivity contribution in [1.29, 1.82) is 0 Å². The van der Waals surface area contributed by atoms with Gasteiger partial charge in [0.05, 0.1) is 17.7 Å². The summed E-state index contributed by atoms with van der Waals surface area (Å²) in [4.78, 5) is 18.6. The van der Waals surface area contributed by atoms with Crippen LogP contribution in [-0.4, -0.2) is 12.7 Å². The first kappa shape index (κ1) is 26.8. The van der Waals surface area contributed by atoms with Gasteiger partial charge in [-0.25, -0.2) is 4.79 Å². The standard InChI is InChI=1S/C69H9NO2/c1-2-72-67(71)70-8-6-4-3-5-7(8)68-63-55-47-37-27-19-11-9-10-13-17-15(11)23-31-25(17)35-29-21(13)22-14(10)18-16-12(9)20(19)28-34-24(16)32-26(18)36-30(22)40-39(29)51-45(35)53-43(31)49(41(47)33(23)27)57(63)59(53)65-61(51)62-52(40)46(36)54-44(32)50-42(34)48(38(28)37)56(55)64(68)58(50)60(54)66(62)69(65,68)70/h3-6H,2H2,1H3. The fraction of sp³-hybridized carbons (Fsp3) is 0.0580. The molecule has 3 nitrogen and oxygen atoms in total. The topological polar surface area (TPSA) is 29.5 Å². The minimum absolute atomic E-state index is 0.195. The molecule has 1 amide bonds. The largest absolute Gasteiger partial charge is 0.449 e. The maximum atomic E-state index is 16.2. The molecule has 0 saturated heterocycles. The number of nitrogens with zero attached hydrogens (tertiary/aromatic N) is 1. The van der Waals surface area contributed by atoms with Crippen molar-refractivity contribution in [2.75, 3.05) is 11.5 Å². The van der Waals surface area contributed by atoms with Gasteiger partial charge in [0.15, 0.2) is 0 Å². The number of carbonyl (C=O) groups is 1. The van der Waals surface area contributed by atoms with E-state index in [0.717, 1.165) is 5.69 Å². The van der Waals surface area contributed by atoms with Gasteiger partial charge in [0.25, 0.3) is 0 Å². The predicted molar refractivity (Wildman–Crippen MR) is 299 cm³/mol. The Morgan fingerprint density at radius 1 is 0.319 bits per heavy atom. The number of hydrogen-bond donors (Lipinski definition) is 0. The molecule has 1 aliphatic heterocycles. The Bertz CT molecular complexity index is 7340. The minimum atomic E-state index is -0.895. The molecule has 0 unspecified atom stereocenters. The highest BCUT2D eigenvalue weighted by Gasteiger charge is 2.77. The van der Waals surface area contributed by atoms with Crippen molar-refractivity contribution in [3.63, 3.8) is 0 Å². The van der Waals surface area contributed by atoms with Crippen LogP contribution in [-0.2, 0) is 15.7 Å². The third kappa shape index (κ3) is 1.38. The van der Waals surface area contributed by atoms with Gasteiger partial charge in [-0.1, -0.05) is 18.2 Å². The summed E-state index contributed by atoms with van der Waals surface area (Å²) < 4.78 is 6.61. The number of hydrogen-bond acceptors (Lipinski definition) is 2. The molecule has 0 saturated carbocycles. The highest BCUT2D eigenvalue weighted by atomic mass is 16.6. The first-order valence-electron chi connectivity index (χ1n) is 26.7. The molecule has 0 atom stereocenters. The van der Waals surface area contributed by atoms with Crippen LogP contribution in [0.2, 0.25) is 0 Å². The van der Waals surface area contributed by atoms with Crippen molar-refractivity contribution in [3.8, 4) is 0 Å². The minimum Gasteiger partial charge on any atom is -0.449 e. The molecule has 0 aromatic heterocycles. The summed E-state index contributed by atoms with van der Waals surface area (Å²) in [7, 11) is 0. The van der Waals surface area contributed by atoms with Gasteiger partial charge >= 0.3 is 6.09 Å². The van der Waals surface area contributed by atoms with Gasteiger partial charge in [0, 0.05) is 11.1 Å². The highest BCUT2D eigenvalue weighted by Crippen LogP contribution is 2.87. The van der Waals surface area contributed by atoms with Crippen LogP contribution in [0.25, 0.3) is 291 Å². The van der Waals surface area contributed by atoms with Crippen LogP contribution in [0.4, 0.5) is 10.5 Å². The lowest BCUT2D eigenvalue weighted by atomic mass is 9.52. The van der Waals surface area contributed by atoms with E-state index in [2.05, 4.69) is 29.2 Å². The number of amides is 1. The van der Waals surface area contributed by atoms with E-state index in [1.54, 1.807) is 226 Å². The van der Waals surface area contributed by atoms with Crippen molar-refractivity contribution in [3.05, 3.63) is 52.1 Å². The molecule has 0 radical (unpaired) electrons. The first-order valence-corrected chi connectivity index (χ1v) is 26.7. The van der Waals surface area contributed by atoms with Crippen molar-refractivity contribution >= 4 is 303 Å². The lowest BCUT2D eigenvalue weighted by Crippen LogP contribution is -2.59. The summed E-state index contributed by atoms with van der Waals surface area (Å²) >= 11 is 0. The van der Waals surface area contributed by atoms with Gasteiger partial charge in [-0.15, -0.1) is 0 Å². The van der Waals surface area contributed by atoms with Crippen LogP contribution in [0, 0.1) is 0 Å². The Kier molecular flexibility index (Phi) is 2.25. The quantitative estimate of drug-likeness (QED) is 0.154. The monoisotopic (exact) mass is 883 g/mol. The van der Waals surface area contributed by atoms with Crippen molar-refractivity contribution < 1.29 is 9.53 Å². The van der Waals surface area contributed by atoms with E-state index in [1.165, 1.54) is 92.5 Å². The van der Waals surface area contributed by atoms with Crippen LogP contribution in [0.5, 0.6) is 0 Å². The number of rotatable bonds is 1. The van der Waals surface area contributed by atoms with E-state index < -0.39 is 11.0 Å². The smallest absolute Gasteiger partial charge is 0.415 e. The molecule has 4 aliphatic carbocycles. The van der Waals surface area contributed by atoms with Gasteiger partial charge in [0.1, 0.15) is 5.54 Å². The van der Waals surface area contributed by atoms with Gasteiger partial charge in [0.2, 0.25) is 0 Å². The number of anilines is 1. The van der Waals surface area contributed by atoms with Crippen molar-refractivity contribution in [2.24, 2.45) is 0 Å². The van der Waals surface area contributed by atoms with Crippen molar-refractivity contribution in [1.82, 2.24) is 0 Å². The molecule has 29 aromatic carbocycles. The molecule has 34 rings (SSSR count). The van der Waals surface area contributed by atoms with E-state index in [-0.39, 0.29) is 6.09 Å². The molecule has 2 spiro atoms. The summed E-state index contributed by atoms with van der Waals surface area (Å²) in [6.45, 7) is 2.35. The van der Waals surface area contributed by atoms with Crippen molar-refractivity contribution in [2.45, 2.75) is 17.9 Å². The summed E-state index contributed by atoms with van der Waals surface area (Å²) in [6, 6.07) is 9.33. The molecule has 0 N–H and O–H groups in total. The number of para-hydroxylation sites is 1. The third-order valence-electron chi connectivity index (χ3n) is 25.6. The second-order valence-electron chi connectivity index (χ2n) is 25.8. The molecule has 1 heterocycles. The average Bonchev–Trinajstić information content (AvgIpc) is 4.35. The summed E-state index contributed by atoms with van der Waals surface area (Å²) in [5.74, 6) is 0. The molecule has 0 bridgehead atoms. The average molecular weight is 884 g/mol. The lowest BCUT2D eigenvalue weighted by molar-refractivity contribution is 0.152. The van der Waals surface area contributed by atoms with Crippen LogP contribution in [0.1, 0.15) is 34.7 Å². The number of fused-ring (bicyclic) bond motifs is 1. The fourth-order valence-electron chi connectivity index (χ4n) is 25.7. The van der Waals surface area contributed by atoms with E-state index in [1.807, 2.05) is 6.92 Å². The zero-order valence-electron chi connectivity index (χ0n) is 36.8. The van der Waals surface area contributed by atoms with Crippen LogP contribution in [0.15, 0.2) is 24.3 Å². The maximum absolute atomic E-state index is 16.2. The fourth-order valence-corrected chi connectivity index (χ4v) is 25.7. The van der Waals surface area contributed by atoms with Crippen LogP contribution < -0.4 is 4.90 Å². The summed E-state index contributed by atoms with van der Waals surface area (Å²) in [5.41, 5.74) is 6.74. The van der Waals surface area contributed by atoms with Gasteiger partial charge < -0.3 is 4.74 Å². The number of benzene rings is 19. The van der Waals surface area contributed by atoms with Gasteiger partial charge in [-0.3, -0.25) is 4.90 Å². The Morgan fingerprint density at radius 2 is 0.528 bits per heavy atom. The maximum Gasteiger partial charge on any atom is 0.415 e. The number of carbonyl (C=O) groups excluding carboxylic acids is 1. The highest BCUT2D eigenvalue weighted by molar-refractivity contribution is 6.82. The van der Waals surface area contributed by atoms with Gasteiger partial charge in [-0.05, 0) is 321 Å². The number of ether oxygens (including phenoxy) is 1. The third-order valence-corrected chi connectivity index (χ3v) is 25.6. The molecule has 3 heteroatoms. The Hall–Kier alpha value is -9.05. The van der Waals surface area contributed by atoms with Crippen LogP contribution in [0.3, 0.4) is 0 Å². The predicted octanol–water partition coefficient (Wildman–Crippen LogP) is 18.3. The summed E-state index contributed by atoms with van der Waals surface area (Å²) in [6.07, 6.45) is -0.195. The second-order valence-corrected chi connectivity index (χ2v) is 25.8. The molecular weight excluding hydrogens is 875 g/mol. The SMILES string of the molecule is CCOC(=O)N1c2ccccc2C23c4c5c6c7c8c9c(c%10c%11c2c2c4c4c%12c5c5c6c6c8c8c%13c9c9c%10c%10c%11c%11c2c2c4c4c%12c%12c5c5c6c8c6c8c%13c9c9c%10c%10c%11c2c2c4c4c%12c5c6c5c8c9c%10c2c45)C713. The first-order chi connectivity index (χ1) is 35.8. The lowest BCUT2D eigenvalue weighted by Gasteiger charge is -2.52.